The van der Waals surface area contributed by atoms with Crippen LogP contribution in [0.2, 0.25) is 0 Å². The highest BCUT2D eigenvalue weighted by Gasteiger charge is 2.15. The van der Waals surface area contributed by atoms with Gasteiger partial charge in [0.2, 0.25) is 0 Å². The average Bonchev–Trinajstić information content (AvgIpc) is 2.63. The molecular weight excluding hydrogens is 262 g/mol. The molecule has 2 aromatic rings. The van der Waals surface area contributed by atoms with Gasteiger partial charge >= 0.3 is 5.76 Å². The number of hydrogen-bond acceptors (Lipinski definition) is 5. The molecule has 20 heavy (non-hydrogen) atoms. The van der Waals surface area contributed by atoms with E-state index in [1.807, 2.05) is 20.8 Å². The van der Waals surface area contributed by atoms with E-state index >= 15 is 0 Å². The molecule has 0 aliphatic heterocycles. The second-order valence-electron chi connectivity index (χ2n) is 5.61. The maximum absolute atomic E-state index is 11.8. The zero-order valence-electron chi connectivity index (χ0n) is 11.7. The highest BCUT2D eigenvalue weighted by atomic mass is 16.6. The van der Waals surface area contributed by atoms with E-state index in [1.165, 1.54) is 22.8 Å². The Labute approximate surface area is 115 Å². The molecule has 0 spiro atoms. The molecule has 1 heterocycles. The summed E-state index contributed by atoms with van der Waals surface area (Å²) in [6.45, 7) is 7.03. The molecule has 0 atom stereocenters. The molecule has 7 nitrogen and oxygen atoms in total. The largest absolute Gasteiger partial charge is 0.419 e. The quantitative estimate of drug-likeness (QED) is 0.681. The van der Waals surface area contributed by atoms with Gasteiger partial charge in [0, 0.05) is 30.8 Å². The van der Waals surface area contributed by atoms with Gasteiger partial charge in [-0.3, -0.25) is 14.7 Å². The number of nitro benzene ring substituents is 1. The van der Waals surface area contributed by atoms with Gasteiger partial charge in [-0.2, -0.15) is 0 Å². The number of hydrogen-bond donors (Lipinski definition) is 1. The van der Waals surface area contributed by atoms with Crippen LogP contribution in [0.15, 0.2) is 27.4 Å². The van der Waals surface area contributed by atoms with Crippen molar-refractivity contribution in [3.05, 3.63) is 38.9 Å². The van der Waals surface area contributed by atoms with E-state index in [1.54, 1.807) is 0 Å². The van der Waals surface area contributed by atoms with Crippen molar-refractivity contribution in [2.45, 2.75) is 32.9 Å². The SMILES string of the molecule is CC(C)(C)NCCn1c(=O)oc2ccc([N+](=O)[O-])cc21. The Bertz CT molecular complexity index is 694. The molecule has 1 N–H and O–H groups in total. The fraction of sp³-hybridized carbons (Fsp3) is 0.462. The van der Waals surface area contributed by atoms with Crippen molar-refractivity contribution in [2.75, 3.05) is 6.54 Å². The molecule has 1 aromatic heterocycles. The van der Waals surface area contributed by atoms with Gasteiger partial charge in [-0.1, -0.05) is 0 Å². The zero-order chi connectivity index (χ0) is 14.9. The second kappa shape index (κ2) is 5.09. The Morgan fingerprint density at radius 2 is 2.10 bits per heavy atom. The first-order valence-electron chi connectivity index (χ1n) is 6.31. The molecule has 0 saturated heterocycles. The van der Waals surface area contributed by atoms with E-state index in [0.717, 1.165) is 0 Å². The minimum absolute atomic E-state index is 0.0594. The lowest BCUT2D eigenvalue weighted by Gasteiger charge is -2.20. The number of nitrogens with one attached hydrogen (secondary N) is 1. The first-order chi connectivity index (χ1) is 9.28. The molecule has 108 valence electrons. The summed E-state index contributed by atoms with van der Waals surface area (Å²) < 4.78 is 6.48. The summed E-state index contributed by atoms with van der Waals surface area (Å²) in [5.41, 5.74) is 0.682. The normalized spacial score (nSPS) is 11.9. The minimum Gasteiger partial charge on any atom is -0.408 e. The smallest absolute Gasteiger partial charge is 0.408 e. The topological polar surface area (TPSA) is 90.3 Å². The molecule has 0 amide bonds. The van der Waals surface area contributed by atoms with E-state index in [-0.39, 0.29) is 11.2 Å². The predicted octanol–water partition coefficient (Wildman–Crippen LogP) is 1.89. The van der Waals surface area contributed by atoms with Crippen LogP contribution in [0.1, 0.15) is 20.8 Å². The summed E-state index contributed by atoms with van der Waals surface area (Å²) in [6, 6.07) is 4.13. The van der Waals surface area contributed by atoms with Gasteiger partial charge in [-0.25, -0.2) is 4.79 Å². The maximum atomic E-state index is 11.8. The standard InChI is InChI=1S/C13H17N3O4/c1-13(2,3)14-6-7-15-10-8-9(16(18)19)4-5-11(10)20-12(15)17/h4-5,8,14H,6-7H2,1-3H3. The molecular formula is C13H17N3O4. The number of non-ortho nitro benzene ring substituents is 1. The molecule has 0 saturated carbocycles. The lowest BCUT2D eigenvalue weighted by molar-refractivity contribution is -0.384. The molecule has 0 fully saturated rings. The van der Waals surface area contributed by atoms with Crippen LogP contribution in [-0.2, 0) is 6.54 Å². The lowest BCUT2D eigenvalue weighted by atomic mass is 10.1. The van der Waals surface area contributed by atoms with Crippen LogP contribution in [0.25, 0.3) is 11.1 Å². The highest BCUT2D eigenvalue weighted by molar-refractivity contribution is 5.75. The highest BCUT2D eigenvalue weighted by Crippen LogP contribution is 2.19. The van der Waals surface area contributed by atoms with Gasteiger partial charge in [0.25, 0.3) is 5.69 Å². The number of aromatic nitrogens is 1. The van der Waals surface area contributed by atoms with Gasteiger partial charge in [-0.15, -0.1) is 0 Å². The Kier molecular flexibility index (Phi) is 3.63. The first kappa shape index (κ1) is 14.3. The summed E-state index contributed by atoms with van der Waals surface area (Å²) >= 11 is 0. The molecule has 0 radical (unpaired) electrons. The van der Waals surface area contributed by atoms with Crippen LogP contribution in [0.5, 0.6) is 0 Å². The number of nitro groups is 1. The van der Waals surface area contributed by atoms with Gasteiger partial charge in [-0.05, 0) is 26.8 Å². The van der Waals surface area contributed by atoms with Crippen molar-refractivity contribution in [3.63, 3.8) is 0 Å². The Hall–Kier alpha value is -2.15. The summed E-state index contributed by atoms with van der Waals surface area (Å²) in [7, 11) is 0. The van der Waals surface area contributed by atoms with Crippen LogP contribution in [0, 0.1) is 10.1 Å². The van der Waals surface area contributed by atoms with E-state index in [4.69, 9.17) is 4.42 Å². The van der Waals surface area contributed by atoms with Crippen LogP contribution >= 0.6 is 0 Å². The van der Waals surface area contributed by atoms with E-state index in [2.05, 4.69) is 5.32 Å². The fourth-order valence-electron chi connectivity index (χ4n) is 1.92. The molecule has 0 unspecified atom stereocenters. The predicted molar refractivity (Wildman–Crippen MR) is 74.9 cm³/mol. The van der Waals surface area contributed by atoms with E-state index in [0.29, 0.717) is 24.2 Å². The van der Waals surface area contributed by atoms with Crippen LogP contribution in [-0.4, -0.2) is 21.6 Å². The van der Waals surface area contributed by atoms with Crippen molar-refractivity contribution >= 4 is 16.8 Å². The van der Waals surface area contributed by atoms with Gasteiger partial charge in [0.05, 0.1) is 10.4 Å². The number of nitrogens with zero attached hydrogens (tertiary/aromatic N) is 2. The third-order valence-corrected chi connectivity index (χ3v) is 2.85. The number of oxazole rings is 1. The van der Waals surface area contributed by atoms with Crippen molar-refractivity contribution in [1.82, 2.24) is 9.88 Å². The molecule has 0 bridgehead atoms. The van der Waals surface area contributed by atoms with Crippen molar-refractivity contribution in [1.29, 1.82) is 0 Å². The Balaban J connectivity index is 2.32. The fourth-order valence-corrected chi connectivity index (χ4v) is 1.92. The minimum atomic E-state index is -0.504. The van der Waals surface area contributed by atoms with Crippen LogP contribution in [0.4, 0.5) is 5.69 Å². The third kappa shape index (κ3) is 3.05. The number of rotatable bonds is 4. The van der Waals surface area contributed by atoms with Gasteiger partial charge in [0.1, 0.15) is 0 Å². The Morgan fingerprint density at radius 3 is 2.70 bits per heavy atom. The summed E-state index contributed by atoms with van der Waals surface area (Å²) in [6.07, 6.45) is 0. The first-order valence-corrected chi connectivity index (χ1v) is 6.31. The summed E-state index contributed by atoms with van der Waals surface area (Å²) in [5, 5.41) is 14.0. The summed E-state index contributed by atoms with van der Waals surface area (Å²) in [4.78, 5) is 22.1. The molecule has 7 heteroatoms. The van der Waals surface area contributed by atoms with Gasteiger partial charge in [0.15, 0.2) is 5.58 Å². The maximum Gasteiger partial charge on any atom is 0.419 e. The molecule has 2 rings (SSSR count). The number of benzene rings is 1. The van der Waals surface area contributed by atoms with Gasteiger partial charge < -0.3 is 9.73 Å². The Morgan fingerprint density at radius 1 is 1.40 bits per heavy atom. The zero-order valence-corrected chi connectivity index (χ0v) is 11.7. The van der Waals surface area contributed by atoms with Crippen LogP contribution < -0.4 is 11.1 Å². The monoisotopic (exact) mass is 279 g/mol. The lowest BCUT2D eigenvalue weighted by Crippen LogP contribution is -2.38. The van der Waals surface area contributed by atoms with Crippen molar-refractivity contribution < 1.29 is 9.34 Å². The number of fused-ring (bicyclic) bond motifs is 1. The van der Waals surface area contributed by atoms with Crippen molar-refractivity contribution in [3.8, 4) is 0 Å². The second-order valence-corrected chi connectivity index (χ2v) is 5.61. The van der Waals surface area contributed by atoms with Crippen molar-refractivity contribution in [2.24, 2.45) is 0 Å². The summed E-state index contributed by atoms with van der Waals surface area (Å²) in [5.74, 6) is -0.504. The molecule has 0 aliphatic rings. The average molecular weight is 279 g/mol. The van der Waals surface area contributed by atoms with E-state index in [9.17, 15) is 14.9 Å². The third-order valence-electron chi connectivity index (χ3n) is 2.85. The molecule has 1 aromatic carbocycles. The van der Waals surface area contributed by atoms with Crippen LogP contribution in [0.3, 0.4) is 0 Å². The van der Waals surface area contributed by atoms with E-state index < -0.39 is 10.7 Å². The molecule has 0 aliphatic carbocycles.